The van der Waals surface area contributed by atoms with Gasteiger partial charge in [-0.2, -0.15) is 0 Å². The molecule has 0 spiro atoms. The van der Waals surface area contributed by atoms with Gasteiger partial charge in [-0.3, -0.25) is 4.79 Å². The second-order valence-electron chi connectivity index (χ2n) is 10.3. The van der Waals surface area contributed by atoms with E-state index in [0.29, 0.717) is 24.6 Å². The van der Waals surface area contributed by atoms with Gasteiger partial charge in [-0.05, 0) is 67.5 Å². The van der Waals surface area contributed by atoms with Crippen molar-refractivity contribution in [3.8, 4) is 28.1 Å². The maximum absolute atomic E-state index is 12.5. The van der Waals surface area contributed by atoms with E-state index in [2.05, 4.69) is 17.4 Å². The number of unbranched alkanes of at least 4 members (excludes halogenated alkanes) is 1. The number of fused-ring (bicyclic) bond motifs is 1. The monoisotopic (exact) mass is 551 g/mol. The van der Waals surface area contributed by atoms with Crippen LogP contribution in [0.15, 0.2) is 78.9 Å². The number of urea groups is 1. The van der Waals surface area contributed by atoms with Crippen molar-refractivity contribution >= 4 is 28.5 Å². The highest BCUT2D eigenvalue weighted by Gasteiger charge is 2.31. The third-order valence-electron chi connectivity index (χ3n) is 7.40. The fourth-order valence-corrected chi connectivity index (χ4v) is 5.18. The van der Waals surface area contributed by atoms with Crippen LogP contribution in [-0.4, -0.2) is 49.6 Å². The van der Waals surface area contributed by atoms with Crippen molar-refractivity contribution < 1.29 is 23.8 Å². The summed E-state index contributed by atoms with van der Waals surface area (Å²) in [5.74, 6) is 0.564. The molecule has 2 saturated heterocycles. The van der Waals surface area contributed by atoms with Gasteiger partial charge in [-0.25, -0.2) is 14.7 Å². The Morgan fingerprint density at radius 1 is 0.878 bits per heavy atom. The molecule has 1 unspecified atom stereocenters. The molecule has 3 heterocycles. The van der Waals surface area contributed by atoms with Crippen LogP contribution >= 0.6 is 0 Å². The summed E-state index contributed by atoms with van der Waals surface area (Å²) in [5, 5.41) is 3.35. The van der Waals surface area contributed by atoms with Crippen molar-refractivity contribution in [2.75, 3.05) is 31.3 Å². The largest absolute Gasteiger partial charge is 0.494 e. The molecule has 0 bridgehead atoms. The van der Waals surface area contributed by atoms with E-state index in [-0.39, 0.29) is 18.7 Å². The summed E-state index contributed by atoms with van der Waals surface area (Å²) in [6.45, 7) is 2.15. The Hall–Kier alpha value is -4.27. The van der Waals surface area contributed by atoms with Crippen molar-refractivity contribution in [2.45, 2.75) is 38.4 Å². The predicted octanol–water partition coefficient (Wildman–Crippen LogP) is 6.33. The lowest BCUT2D eigenvalue weighted by atomic mass is 10.0. The molecule has 2 aliphatic heterocycles. The first-order chi connectivity index (χ1) is 20.2. The molecule has 0 aliphatic carbocycles. The van der Waals surface area contributed by atoms with Crippen LogP contribution < -0.4 is 15.0 Å². The van der Waals surface area contributed by atoms with Crippen LogP contribution in [0.25, 0.3) is 33.3 Å². The van der Waals surface area contributed by atoms with E-state index in [9.17, 15) is 9.59 Å². The summed E-state index contributed by atoms with van der Waals surface area (Å²) in [4.78, 5) is 30.9. The highest BCUT2D eigenvalue weighted by atomic mass is 16.7. The summed E-state index contributed by atoms with van der Waals surface area (Å²) in [5.41, 5.74) is 4.99. The Kier molecular flexibility index (Phi) is 8.21. The van der Waals surface area contributed by atoms with Gasteiger partial charge in [0.1, 0.15) is 5.75 Å². The maximum Gasteiger partial charge on any atom is 0.329 e. The molecule has 2 fully saturated rings. The van der Waals surface area contributed by atoms with Crippen LogP contribution in [0, 0.1) is 0 Å². The molecule has 3 amide bonds. The predicted molar refractivity (Wildman–Crippen MR) is 158 cm³/mol. The molecule has 1 N–H and O–H groups in total. The van der Waals surface area contributed by atoms with Gasteiger partial charge in [0.05, 0.1) is 30.0 Å². The number of para-hydroxylation sites is 1. The van der Waals surface area contributed by atoms with Crippen LogP contribution in [0.1, 0.15) is 32.1 Å². The molecular formula is C33H33N3O5. The lowest BCUT2D eigenvalue weighted by molar-refractivity contribution is -0.162. The number of imide groups is 1. The standard InChI is InChI=1S/C33H33N3O5/c37-31-22-34-33(38)36(31)30-21-29(35-28-8-2-1-7-27(28)30)25-12-10-23(11-13-25)24-14-16-26(17-15-24)39-18-5-6-20-41-32-9-3-4-19-40-32/h1-2,7-8,10-17,21,32H,3-6,9,18-20,22H2,(H,34,38). The minimum atomic E-state index is -0.418. The molecule has 1 aromatic heterocycles. The molecule has 1 atom stereocenters. The minimum absolute atomic E-state index is 0.00544. The highest BCUT2D eigenvalue weighted by Crippen LogP contribution is 2.33. The summed E-state index contributed by atoms with van der Waals surface area (Å²) >= 11 is 0. The topological polar surface area (TPSA) is 90.0 Å². The summed E-state index contributed by atoms with van der Waals surface area (Å²) < 4.78 is 17.3. The number of pyridine rings is 1. The van der Waals surface area contributed by atoms with Crippen LogP contribution in [0.2, 0.25) is 0 Å². The first-order valence-electron chi connectivity index (χ1n) is 14.2. The Morgan fingerprint density at radius 3 is 2.34 bits per heavy atom. The summed E-state index contributed by atoms with van der Waals surface area (Å²) in [7, 11) is 0. The van der Waals surface area contributed by atoms with Crippen molar-refractivity contribution in [1.82, 2.24) is 10.3 Å². The van der Waals surface area contributed by atoms with Gasteiger partial charge < -0.3 is 19.5 Å². The molecule has 6 rings (SSSR count). The molecule has 2 aliphatic rings. The van der Waals surface area contributed by atoms with Crippen LogP contribution in [0.3, 0.4) is 0 Å². The number of anilines is 1. The number of carbonyl (C=O) groups is 2. The Labute approximate surface area is 239 Å². The number of hydrogen-bond acceptors (Lipinski definition) is 6. The van der Waals surface area contributed by atoms with Crippen molar-refractivity contribution in [3.63, 3.8) is 0 Å². The van der Waals surface area contributed by atoms with E-state index in [1.54, 1.807) is 0 Å². The lowest BCUT2D eigenvalue weighted by Crippen LogP contribution is -2.30. The molecule has 0 saturated carbocycles. The summed E-state index contributed by atoms with van der Waals surface area (Å²) in [6, 6.07) is 25.1. The average molecular weight is 552 g/mol. The fraction of sp³-hybridized carbons (Fsp3) is 0.303. The van der Waals surface area contributed by atoms with E-state index in [4.69, 9.17) is 19.2 Å². The van der Waals surface area contributed by atoms with Gasteiger partial charge >= 0.3 is 6.03 Å². The van der Waals surface area contributed by atoms with Gasteiger partial charge in [-0.1, -0.05) is 54.6 Å². The van der Waals surface area contributed by atoms with E-state index < -0.39 is 6.03 Å². The molecule has 210 valence electrons. The maximum atomic E-state index is 12.5. The second-order valence-corrected chi connectivity index (χ2v) is 10.3. The van der Waals surface area contributed by atoms with Gasteiger partial charge in [-0.15, -0.1) is 0 Å². The summed E-state index contributed by atoms with van der Waals surface area (Å²) in [6.07, 6.45) is 5.15. The molecule has 4 aromatic rings. The van der Waals surface area contributed by atoms with E-state index >= 15 is 0 Å². The van der Waals surface area contributed by atoms with Crippen molar-refractivity contribution in [3.05, 3.63) is 78.9 Å². The molecular weight excluding hydrogens is 518 g/mol. The smallest absolute Gasteiger partial charge is 0.329 e. The quantitative estimate of drug-likeness (QED) is 0.183. The second kappa shape index (κ2) is 12.5. The lowest BCUT2D eigenvalue weighted by Gasteiger charge is -2.22. The molecule has 8 nitrogen and oxygen atoms in total. The molecule has 0 radical (unpaired) electrons. The van der Waals surface area contributed by atoms with Gasteiger partial charge in [0.2, 0.25) is 0 Å². The number of ether oxygens (including phenoxy) is 3. The van der Waals surface area contributed by atoms with Gasteiger partial charge in [0.15, 0.2) is 6.29 Å². The zero-order valence-corrected chi connectivity index (χ0v) is 22.9. The zero-order chi connectivity index (χ0) is 28.0. The first kappa shape index (κ1) is 26.9. The highest BCUT2D eigenvalue weighted by molar-refractivity contribution is 6.23. The number of benzene rings is 3. The number of rotatable bonds is 10. The van der Waals surface area contributed by atoms with E-state index in [0.717, 1.165) is 65.6 Å². The zero-order valence-electron chi connectivity index (χ0n) is 22.9. The number of aromatic nitrogens is 1. The number of nitrogens with zero attached hydrogens (tertiary/aromatic N) is 2. The minimum Gasteiger partial charge on any atom is -0.494 e. The van der Waals surface area contributed by atoms with E-state index in [1.165, 1.54) is 11.3 Å². The molecule has 41 heavy (non-hydrogen) atoms. The first-order valence-corrected chi connectivity index (χ1v) is 14.2. The van der Waals surface area contributed by atoms with Crippen molar-refractivity contribution in [2.24, 2.45) is 0 Å². The third-order valence-corrected chi connectivity index (χ3v) is 7.40. The fourth-order valence-electron chi connectivity index (χ4n) is 5.18. The van der Waals surface area contributed by atoms with Crippen molar-refractivity contribution in [1.29, 1.82) is 0 Å². The SMILES string of the molecule is O=C1CNC(=O)N1c1cc(-c2ccc(-c3ccc(OCCCCOC4CCCCO4)cc3)cc2)nc2ccccc12. The van der Waals surface area contributed by atoms with Gasteiger partial charge in [0, 0.05) is 24.2 Å². The van der Waals surface area contributed by atoms with Gasteiger partial charge in [0.25, 0.3) is 5.91 Å². The average Bonchev–Trinajstić information content (AvgIpc) is 3.36. The number of hydrogen-bond donors (Lipinski definition) is 1. The number of nitrogens with one attached hydrogen (secondary N) is 1. The molecule has 8 heteroatoms. The third kappa shape index (κ3) is 6.24. The number of amides is 3. The molecule has 3 aromatic carbocycles. The Morgan fingerprint density at radius 2 is 1.61 bits per heavy atom. The Balaban J connectivity index is 1.09. The van der Waals surface area contributed by atoms with Crippen LogP contribution in [0.4, 0.5) is 10.5 Å². The number of carbonyl (C=O) groups excluding carboxylic acids is 2. The normalized spacial score (nSPS) is 17.2. The van der Waals surface area contributed by atoms with Crippen LogP contribution in [-0.2, 0) is 14.3 Å². The van der Waals surface area contributed by atoms with Crippen LogP contribution in [0.5, 0.6) is 5.75 Å². The Bertz CT molecular complexity index is 1500. The van der Waals surface area contributed by atoms with E-state index in [1.807, 2.05) is 66.7 Å².